The molecule has 0 saturated carbocycles. The normalized spacial score (nSPS) is 14.3. The number of rotatable bonds is 5. The molecule has 0 fully saturated rings. The molecule has 2 aromatic heterocycles. The second kappa shape index (κ2) is 5.93. The summed E-state index contributed by atoms with van der Waals surface area (Å²) in [5, 5.41) is 7.42. The number of likely N-dealkylation sites (N-methyl/N-ethyl adjacent to an activating group) is 1. The minimum absolute atomic E-state index is 0.179. The monoisotopic (exact) mass is 260 g/mol. The molecule has 0 spiro atoms. The Bertz CT molecular complexity index is 538. The molecule has 0 bridgehead atoms. The summed E-state index contributed by atoms with van der Waals surface area (Å²) in [7, 11) is 0. The van der Waals surface area contributed by atoms with Gasteiger partial charge in [0.2, 0.25) is 11.7 Å². The molecule has 19 heavy (non-hydrogen) atoms. The lowest BCUT2D eigenvalue weighted by Crippen LogP contribution is -2.30. The van der Waals surface area contributed by atoms with Gasteiger partial charge in [-0.3, -0.25) is 4.98 Å². The lowest BCUT2D eigenvalue weighted by Gasteiger charge is -2.16. The van der Waals surface area contributed by atoms with Gasteiger partial charge in [-0.25, -0.2) is 0 Å². The molecule has 2 heterocycles. The maximum absolute atomic E-state index is 5.37. The van der Waals surface area contributed by atoms with E-state index in [0.717, 1.165) is 17.7 Å². The lowest BCUT2D eigenvalue weighted by molar-refractivity contribution is 0.332. The fraction of sp³-hybridized carbons (Fsp3) is 0.500. The highest BCUT2D eigenvalue weighted by Crippen LogP contribution is 2.23. The molecule has 0 aromatic carbocycles. The first-order valence-electron chi connectivity index (χ1n) is 6.61. The Hall–Kier alpha value is -1.75. The van der Waals surface area contributed by atoms with Crippen LogP contribution in [0.15, 0.2) is 23.0 Å². The van der Waals surface area contributed by atoms with Gasteiger partial charge in [-0.2, -0.15) is 4.98 Å². The Morgan fingerprint density at radius 1 is 1.37 bits per heavy atom. The highest BCUT2D eigenvalue weighted by atomic mass is 16.5. The minimum atomic E-state index is 0.179. The van der Waals surface area contributed by atoms with E-state index in [9.17, 15) is 0 Å². The van der Waals surface area contributed by atoms with E-state index in [2.05, 4.69) is 41.2 Å². The van der Waals surface area contributed by atoms with Crippen LogP contribution in [0.25, 0.3) is 11.4 Å². The average molecular weight is 260 g/mol. The summed E-state index contributed by atoms with van der Waals surface area (Å²) in [6, 6.07) is 2.24. The fourth-order valence-electron chi connectivity index (χ4n) is 1.94. The number of hydrogen-bond donors (Lipinski definition) is 1. The summed E-state index contributed by atoms with van der Waals surface area (Å²) < 4.78 is 5.37. The van der Waals surface area contributed by atoms with Crippen LogP contribution in [0.2, 0.25) is 0 Å². The van der Waals surface area contributed by atoms with Gasteiger partial charge in [0.25, 0.3) is 0 Å². The molecule has 2 unspecified atom stereocenters. The number of hydrogen-bond acceptors (Lipinski definition) is 5. The smallest absolute Gasteiger partial charge is 0.231 e. The molecule has 5 heteroatoms. The first-order chi connectivity index (χ1) is 9.13. The Kier molecular flexibility index (Phi) is 4.27. The van der Waals surface area contributed by atoms with E-state index in [-0.39, 0.29) is 5.92 Å². The molecule has 102 valence electrons. The average Bonchev–Trinajstić information content (AvgIpc) is 2.88. The highest BCUT2D eigenvalue weighted by molar-refractivity contribution is 5.57. The summed E-state index contributed by atoms with van der Waals surface area (Å²) in [5.74, 6) is 1.45. The molecule has 0 saturated heterocycles. The second-order valence-corrected chi connectivity index (χ2v) is 4.78. The molecule has 5 nitrogen and oxygen atoms in total. The summed E-state index contributed by atoms with van der Waals surface area (Å²) in [6.45, 7) is 9.22. The van der Waals surface area contributed by atoms with Gasteiger partial charge in [0.1, 0.15) is 0 Å². The van der Waals surface area contributed by atoms with E-state index < -0.39 is 0 Å². The topological polar surface area (TPSA) is 63.8 Å². The van der Waals surface area contributed by atoms with Crippen molar-refractivity contribution in [3.05, 3.63) is 29.9 Å². The van der Waals surface area contributed by atoms with E-state index in [1.54, 1.807) is 12.4 Å². The van der Waals surface area contributed by atoms with Gasteiger partial charge < -0.3 is 9.84 Å². The van der Waals surface area contributed by atoms with Crippen molar-refractivity contribution in [3.63, 3.8) is 0 Å². The van der Waals surface area contributed by atoms with Crippen molar-refractivity contribution in [2.75, 3.05) is 6.54 Å². The molecule has 2 rings (SSSR count). The molecule has 0 amide bonds. The maximum Gasteiger partial charge on any atom is 0.231 e. The van der Waals surface area contributed by atoms with Gasteiger partial charge in [-0.1, -0.05) is 19.0 Å². The predicted molar refractivity (Wildman–Crippen MR) is 73.8 cm³/mol. The zero-order chi connectivity index (χ0) is 13.8. The van der Waals surface area contributed by atoms with Crippen LogP contribution >= 0.6 is 0 Å². The third kappa shape index (κ3) is 2.98. The largest absolute Gasteiger partial charge is 0.339 e. The van der Waals surface area contributed by atoms with E-state index in [1.165, 1.54) is 0 Å². The van der Waals surface area contributed by atoms with Crippen LogP contribution in [0.4, 0.5) is 0 Å². The second-order valence-electron chi connectivity index (χ2n) is 4.78. The number of aryl methyl sites for hydroxylation is 1. The number of aromatic nitrogens is 3. The third-order valence-corrected chi connectivity index (χ3v) is 3.39. The summed E-state index contributed by atoms with van der Waals surface area (Å²) in [6.07, 6.45) is 3.53. The molecular formula is C14H20N4O. The van der Waals surface area contributed by atoms with E-state index in [4.69, 9.17) is 4.52 Å². The predicted octanol–water partition coefficient (Wildman–Crippen LogP) is 2.54. The van der Waals surface area contributed by atoms with Crippen LogP contribution < -0.4 is 5.32 Å². The lowest BCUT2D eigenvalue weighted by atomic mass is 10.0. The Labute approximate surface area is 113 Å². The first-order valence-corrected chi connectivity index (χ1v) is 6.61. The van der Waals surface area contributed by atoms with Crippen LogP contribution in [0.5, 0.6) is 0 Å². The van der Waals surface area contributed by atoms with Crippen molar-refractivity contribution in [2.45, 2.75) is 39.7 Å². The standard InChI is InChI=1S/C14H20N4O/c1-5-16-11(4)10(3)14-17-13(18-19-14)12-8-15-7-6-9(12)2/h6-8,10-11,16H,5H2,1-4H3. The molecular weight excluding hydrogens is 240 g/mol. The van der Waals surface area contributed by atoms with Crippen molar-refractivity contribution in [2.24, 2.45) is 0 Å². The first kappa shape index (κ1) is 13.7. The third-order valence-electron chi connectivity index (χ3n) is 3.39. The molecule has 0 aliphatic heterocycles. The van der Waals surface area contributed by atoms with Gasteiger partial charge in [0.05, 0.1) is 5.92 Å². The molecule has 1 N–H and O–H groups in total. The fourth-order valence-corrected chi connectivity index (χ4v) is 1.94. The molecule has 0 radical (unpaired) electrons. The molecule has 2 aromatic rings. The van der Waals surface area contributed by atoms with Crippen LogP contribution in [0, 0.1) is 6.92 Å². The van der Waals surface area contributed by atoms with Crippen LogP contribution in [0.3, 0.4) is 0 Å². The van der Waals surface area contributed by atoms with Crippen molar-refractivity contribution in [3.8, 4) is 11.4 Å². The number of pyridine rings is 1. The zero-order valence-electron chi connectivity index (χ0n) is 11.8. The quantitative estimate of drug-likeness (QED) is 0.895. The Morgan fingerprint density at radius 2 is 2.16 bits per heavy atom. The molecule has 2 atom stereocenters. The molecule has 0 aliphatic carbocycles. The summed E-state index contributed by atoms with van der Waals surface area (Å²) >= 11 is 0. The van der Waals surface area contributed by atoms with Crippen molar-refractivity contribution < 1.29 is 4.52 Å². The zero-order valence-corrected chi connectivity index (χ0v) is 11.8. The Balaban J connectivity index is 2.22. The van der Waals surface area contributed by atoms with Crippen LogP contribution in [-0.4, -0.2) is 27.7 Å². The molecule has 0 aliphatic rings. The number of nitrogens with one attached hydrogen (secondary N) is 1. The SMILES string of the molecule is CCNC(C)C(C)c1nc(-c2cnccc2C)no1. The van der Waals surface area contributed by atoms with Gasteiger partial charge in [-0.15, -0.1) is 0 Å². The van der Waals surface area contributed by atoms with Crippen molar-refractivity contribution in [1.82, 2.24) is 20.4 Å². The van der Waals surface area contributed by atoms with Gasteiger partial charge in [0, 0.05) is 24.0 Å². The summed E-state index contributed by atoms with van der Waals surface area (Å²) in [5.41, 5.74) is 2.01. The highest BCUT2D eigenvalue weighted by Gasteiger charge is 2.20. The van der Waals surface area contributed by atoms with Gasteiger partial charge >= 0.3 is 0 Å². The van der Waals surface area contributed by atoms with E-state index in [0.29, 0.717) is 17.8 Å². The van der Waals surface area contributed by atoms with Crippen LogP contribution in [0.1, 0.15) is 38.1 Å². The van der Waals surface area contributed by atoms with E-state index >= 15 is 0 Å². The van der Waals surface area contributed by atoms with Crippen molar-refractivity contribution in [1.29, 1.82) is 0 Å². The van der Waals surface area contributed by atoms with Crippen LogP contribution in [-0.2, 0) is 0 Å². The van der Waals surface area contributed by atoms with Crippen molar-refractivity contribution >= 4 is 0 Å². The van der Waals surface area contributed by atoms with Gasteiger partial charge in [-0.05, 0) is 32.0 Å². The van der Waals surface area contributed by atoms with Gasteiger partial charge in [0.15, 0.2) is 0 Å². The number of nitrogens with zero attached hydrogens (tertiary/aromatic N) is 3. The summed E-state index contributed by atoms with van der Waals surface area (Å²) in [4.78, 5) is 8.59. The van der Waals surface area contributed by atoms with E-state index in [1.807, 2.05) is 13.0 Å². The Morgan fingerprint density at radius 3 is 2.84 bits per heavy atom. The maximum atomic E-state index is 5.37. The minimum Gasteiger partial charge on any atom is -0.339 e.